The molecule has 0 N–H and O–H groups in total. The van der Waals surface area contributed by atoms with Gasteiger partial charge in [-0.3, -0.25) is 13.9 Å². The fraction of sp³-hybridized carbons (Fsp3) is 0.280. The normalized spacial score (nSPS) is 16.5. The van der Waals surface area contributed by atoms with Crippen LogP contribution in [-0.2, 0) is 11.3 Å². The van der Waals surface area contributed by atoms with Crippen LogP contribution in [0, 0.1) is 13.8 Å². The van der Waals surface area contributed by atoms with Gasteiger partial charge in [-0.2, -0.15) is 0 Å². The number of hydrogen-bond acceptors (Lipinski definition) is 5. The van der Waals surface area contributed by atoms with E-state index in [4.69, 9.17) is 19.7 Å². The first kappa shape index (κ1) is 19.1. The third kappa shape index (κ3) is 2.85. The molecule has 1 atom stereocenters. The number of ether oxygens (including phenoxy) is 1. The lowest BCUT2D eigenvalue weighted by Gasteiger charge is -2.15. The van der Waals surface area contributed by atoms with E-state index in [1.807, 2.05) is 66.9 Å². The van der Waals surface area contributed by atoms with E-state index in [9.17, 15) is 4.79 Å². The number of benzene rings is 2. The Morgan fingerprint density at radius 3 is 2.47 bits per heavy atom. The molecule has 7 nitrogen and oxygen atoms in total. The molecule has 0 radical (unpaired) electrons. The smallest absolute Gasteiger partial charge is 0.265 e. The zero-order valence-corrected chi connectivity index (χ0v) is 18.1. The maximum Gasteiger partial charge on any atom is 0.265 e. The SMILES string of the molecule is Cc1ccccc1-n1c2nc3ccccc3nc2c2c(=O)n(C[C@@H]3CCCO3)c(C)nc21. The fourth-order valence-electron chi connectivity index (χ4n) is 4.68. The number of aromatic nitrogens is 5. The molecule has 32 heavy (non-hydrogen) atoms. The fourth-order valence-corrected chi connectivity index (χ4v) is 4.68. The van der Waals surface area contributed by atoms with Crippen molar-refractivity contribution in [3.63, 3.8) is 0 Å². The van der Waals surface area contributed by atoms with E-state index in [0.29, 0.717) is 34.6 Å². The zero-order chi connectivity index (χ0) is 21.8. The summed E-state index contributed by atoms with van der Waals surface area (Å²) in [4.78, 5) is 28.5. The van der Waals surface area contributed by atoms with Gasteiger partial charge in [0.05, 0.1) is 29.4 Å². The van der Waals surface area contributed by atoms with Gasteiger partial charge in [-0.15, -0.1) is 0 Å². The van der Waals surface area contributed by atoms with Crippen molar-refractivity contribution in [1.82, 2.24) is 24.1 Å². The lowest BCUT2D eigenvalue weighted by Crippen LogP contribution is -2.29. The van der Waals surface area contributed by atoms with Crippen LogP contribution in [-0.4, -0.2) is 36.8 Å². The Hall–Kier alpha value is -3.58. The Morgan fingerprint density at radius 2 is 1.72 bits per heavy atom. The third-order valence-electron chi connectivity index (χ3n) is 6.32. The molecule has 0 spiro atoms. The molecule has 6 rings (SSSR count). The van der Waals surface area contributed by atoms with Crippen LogP contribution >= 0.6 is 0 Å². The molecule has 0 unspecified atom stereocenters. The molecule has 0 amide bonds. The van der Waals surface area contributed by atoms with E-state index < -0.39 is 0 Å². The van der Waals surface area contributed by atoms with Gasteiger partial charge in [0, 0.05) is 6.61 Å². The van der Waals surface area contributed by atoms with Gasteiger partial charge in [-0.25, -0.2) is 15.0 Å². The summed E-state index contributed by atoms with van der Waals surface area (Å²) < 4.78 is 9.50. The standard InChI is InChI=1S/C25H23N5O2/c1-15-8-3-6-12-20(15)30-23-21(22-24(30)28-19-11-5-4-10-18(19)27-22)25(31)29(16(2)26-23)14-17-9-7-13-32-17/h3-6,8,10-12,17H,7,9,13-14H2,1-2H3/t17-/m0/s1. The first-order valence-electron chi connectivity index (χ1n) is 11.0. The van der Waals surface area contributed by atoms with Crippen LogP contribution in [0.25, 0.3) is 38.9 Å². The third-order valence-corrected chi connectivity index (χ3v) is 6.32. The molecule has 1 fully saturated rings. The second-order valence-electron chi connectivity index (χ2n) is 8.41. The molecule has 1 aliphatic rings. The van der Waals surface area contributed by atoms with Crippen LogP contribution in [0.2, 0.25) is 0 Å². The molecular weight excluding hydrogens is 402 g/mol. The van der Waals surface area contributed by atoms with Gasteiger partial charge in [0.1, 0.15) is 16.7 Å². The van der Waals surface area contributed by atoms with E-state index in [2.05, 4.69) is 0 Å². The van der Waals surface area contributed by atoms with Gasteiger partial charge in [0.2, 0.25) is 0 Å². The van der Waals surface area contributed by atoms with E-state index in [1.165, 1.54) is 0 Å². The molecule has 4 heterocycles. The minimum atomic E-state index is -0.0927. The molecule has 1 saturated heterocycles. The van der Waals surface area contributed by atoms with Gasteiger partial charge in [0.25, 0.3) is 5.56 Å². The highest BCUT2D eigenvalue weighted by atomic mass is 16.5. The first-order chi connectivity index (χ1) is 15.6. The van der Waals surface area contributed by atoms with Crippen LogP contribution in [0.3, 0.4) is 0 Å². The summed E-state index contributed by atoms with van der Waals surface area (Å²) >= 11 is 0. The molecule has 0 aliphatic carbocycles. The maximum atomic E-state index is 13.8. The van der Waals surface area contributed by atoms with E-state index >= 15 is 0 Å². The second kappa shape index (κ2) is 7.24. The minimum absolute atomic E-state index is 0.0438. The summed E-state index contributed by atoms with van der Waals surface area (Å²) in [5.74, 6) is 0.667. The van der Waals surface area contributed by atoms with Gasteiger partial charge in [-0.05, 0) is 50.5 Å². The number of hydrogen-bond donors (Lipinski definition) is 0. The zero-order valence-electron chi connectivity index (χ0n) is 18.1. The maximum absolute atomic E-state index is 13.8. The molecule has 2 aromatic carbocycles. The summed E-state index contributed by atoms with van der Waals surface area (Å²) in [7, 11) is 0. The molecule has 5 aromatic rings. The van der Waals surface area contributed by atoms with Crippen molar-refractivity contribution >= 4 is 33.2 Å². The Morgan fingerprint density at radius 1 is 0.969 bits per heavy atom. The minimum Gasteiger partial charge on any atom is -0.376 e. The average Bonchev–Trinajstić information content (AvgIpc) is 3.41. The van der Waals surface area contributed by atoms with Crippen molar-refractivity contribution in [2.45, 2.75) is 39.3 Å². The van der Waals surface area contributed by atoms with Crippen molar-refractivity contribution in [3.8, 4) is 5.69 Å². The molecule has 0 saturated carbocycles. The van der Waals surface area contributed by atoms with Gasteiger partial charge < -0.3 is 4.74 Å². The van der Waals surface area contributed by atoms with Crippen molar-refractivity contribution in [2.24, 2.45) is 0 Å². The summed E-state index contributed by atoms with van der Waals surface area (Å²) in [6, 6.07) is 15.8. The molecule has 7 heteroatoms. The number of nitrogens with zero attached hydrogens (tertiary/aromatic N) is 5. The van der Waals surface area contributed by atoms with E-state index in [1.54, 1.807) is 4.57 Å². The summed E-state index contributed by atoms with van der Waals surface area (Å²) in [6.07, 6.45) is 2.03. The highest BCUT2D eigenvalue weighted by molar-refractivity contribution is 6.06. The number of aryl methyl sites for hydroxylation is 2. The lowest BCUT2D eigenvalue weighted by atomic mass is 10.2. The Labute approximate surface area is 184 Å². The topological polar surface area (TPSA) is 74.8 Å². The van der Waals surface area contributed by atoms with Gasteiger partial charge in [-0.1, -0.05) is 30.3 Å². The van der Waals surface area contributed by atoms with Crippen LogP contribution in [0.15, 0.2) is 53.3 Å². The Kier molecular flexibility index (Phi) is 4.33. The van der Waals surface area contributed by atoms with Crippen LogP contribution < -0.4 is 5.56 Å². The van der Waals surface area contributed by atoms with Crippen LogP contribution in [0.1, 0.15) is 24.2 Å². The van der Waals surface area contributed by atoms with Crippen molar-refractivity contribution in [3.05, 3.63) is 70.3 Å². The predicted octanol–water partition coefficient (Wildman–Crippen LogP) is 4.08. The molecule has 160 valence electrons. The number of para-hydroxylation sites is 3. The average molecular weight is 425 g/mol. The second-order valence-corrected chi connectivity index (χ2v) is 8.41. The quantitative estimate of drug-likeness (QED) is 0.435. The number of rotatable bonds is 3. The monoisotopic (exact) mass is 425 g/mol. The molecular formula is C25H23N5O2. The largest absolute Gasteiger partial charge is 0.376 e. The predicted molar refractivity (Wildman–Crippen MR) is 124 cm³/mol. The van der Waals surface area contributed by atoms with E-state index in [-0.39, 0.29) is 11.7 Å². The van der Waals surface area contributed by atoms with Gasteiger partial charge in [0.15, 0.2) is 11.3 Å². The van der Waals surface area contributed by atoms with E-state index in [0.717, 1.165) is 41.7 Å². The highest BCUT2D eigenvalue weighted by Crippen LogP contribution is 2.30. The molecule has 1 aliphatic heterocycles. The molecule has 0 bridgehead atoms. The Balaban J connectivity index is 1.74. The molecule has 3 aromatic heterocycles. The van der Waals surface area contributed by atoms with Crippen molar-refractivity contribution in [1.29, 1.82) is 0 Å². The lowest BCUT2D eigenvalue weighted by molar-refractivity contribution is 0.0955. The van der Waals surface area contributed by atoms with Gasteiger partial charge >= 0.3 is 0 Å². The van der Waals surface area contributed by atoms with Crippen LogP contribution in [0.4, 0.5) is 0 Å². The highest BCUT2D eigenvalue weighted by Gasteiger charge is 2.24. The summed E-state index contributed by atoms with van der Waals surface area (Å²) in [6.45, 7) is 5.18. The summed E-state index contributed by atoms with van der Waals surface area (Å²) in [5, 5.41) is 0.505. The van der Waals surface area contributed by atoms with Crippen molar-refractivity contribution in [2.75, 3.05) is 6.61 Å². The van der Waals surface area contributed by atoms with Crippen molar-refractivity contribution < 1.29 is 4.74 Å². The number of fused-ring (bicyclic) bond motifs is 4. The first-order valence-corrected chi connectivity index (χ1v) is 11.0. The van der Waals surface area contributed by atoms with Crippen LogP contribution in [0.5, 0.6) is 0 Å². The Bertz CT molecular complexity index is 1560. The summed E-state index contributed by atoms with van der Waals surface area (Å²) in [5.41, 5.74) is 5.29.